The molecule has 0 saturated carbocycles. The maximum atomic E-state index is 10.9. The van der Waals surface area contributed by atoms with Crippen LogP contribution in [0.3, 0.4) is 0 Å². The molecule has 0 heterocycles. The molecule has 21 heavy (non-hydrogen) atoms. The van der Waals surface area contributed by atoms with E-state index in [0.717, 1.165) is 5.69 Å². The van der Waals surface area contributed by atoms with Crippen LogP contribution in [0, 0.1) is 17.0 Å². The monoisotopic (exact) mass is 321 g/mol. The smallest absolute Gasteiger partial charge is 0.274 e. The number of nitro benzene ring substituents is 1. The Bertz CT molecular complexity index is 689. The van der Waals surface area contributed by atoms with Crippen molar-refractivity contribution in [3.05, 3.63) is 63.2 Å². The first kappa shape index (κ1) is 15.2. The molecule has 0 amide bonds. The minimum absolute atomic E-state index is 0.0503. The predicted molar refractivity (Wildman–Crippen MR) is 89.1 cm³/mol. The molecule has 108 valence electrons. The van der Waals surface area contributed by atoms with E-state index >= 15 is 0 Å². The van der Waals surface area contributed by atoms with E-state index in [-0.39, 0.29) is 5.69 Å². The fourth-order valence-electron chi connectivity index (χ4n) is 1.77. The molecular weight excluding hydrogens is 310 g/mol. The number of nitrogens with zero attached hydrogens (tertiary/aromatic N) is 1. The van der Waals surface area contributed by atoms with Gasteiger partial charge in [0.05, 0.1) is 16.2 Å². The molecule has 0 aromatic heterocycles. The Balaban J connectivity index is 2.11. The van der Waals surface area contributed by atoms with Crippen molar-refractivity contribution in [1.29, 1.82) is 0 Å². The maximum absolute atomic E-state index is 10.9. The van der Waals surface area contributed by atoms with Gasteiger partial charge in [-0.15, -0.1) is 0 Å². The molecular formula is C14H12ClN3O2S. The van der Waals surface area contributed by atoms with Crippen molar-refractivity contribution in [2.45, 2.75) is 6.92 Å². The number of thiocarbonyl (C=S) groups is 1. The summed E-state index contributed by atoms with van der Waals surface area (Å²) in [4.78, 5) is 10.5. The Hall–Kier alpha value is -2.18. The van der Waals surface area contributed by atoms with Gasteiger partial charge in [0.2, 0.25) is 0 Å². The highest BCUT2D eigenvalue weighted by Crippen LogP contribution is 2.25. The van der Waals surface area contributed by atoms with Crippen molar-refractivity contribution in [3.63, 3.8) is 0 Å². The normalized spacial score (nSPS) is 10.0. The summed E-state index contributed by atoms with van der Waals surface area (Å²) < 4.78 is 0. The molecule has 0 unspecified atom stereocenters. The zero-order valence-corrected chi connectivity index (χ0v) is 12.7. The van der Waals surface area contributed by atoms with E-state index in [4.69, 9.17) is 23.8 Å². The molecule has 0 aliphatic carbocycles. The van der Waals surface area contributed by atoms with E-state index in [1.807, 2.05) is 0 Å². The van der Waals surface area contributed by atoms with Gasteiger partial charge < -0.3 is 10.6 Å². The molecule has 0 spiro atoms. The number of nitro groups is 1. The van der Waals surface area contributed by atoms with Crippen LogP contribution in [0.1, 0.15) is 5.56 Å². The average Bonchev–Trinajstić information content (AvgIpc) is 2.43. The van der Waals surface area contributed by atoms with Gasteiger partial charge in [0, 0.05) is 16.8 Å². The Kier molecular flexibility index (Phi) is 4.72. The minimum atomic E-state index is -0.420. The zero-order valence-electron chi connectivity index (χ0n) is 11.1. The first-order chi connectivity index (χ1) is 9.97. The van der Waals surface area contributed by atoms with Gasteiger partial charge in [-0.25, -0.2) is 0 Å². The summed E-state index contributed by atoms with van der Waals surface area (Å²) in [5, 5.41) is 17.8. The lowest BCUT2D eigenvalue weighted by Crippen LogP contribution is -2.19. The Morgan fingerprint density at radius 1 is 1.19 bits per heavy atom. The molecule has 0 aliphatic heterocycles. The third kappa shape index (κ3) is 3.90. The van der Waals surface area contributed by atoms with Crippen LogP contribution < -0.4 is 10.6 Å². The van der Waals surface area contributed by atoms with E-state index in [0.29, 0.717) is 21.4 Å². The summed E-state index contributed by atoms with van der Waals surface area (Å²) in [5.41, 5.74) is 1.95. The van der Waals surface area contributed by atoms with Crippen LogP contribution in [-0.4, -0.2) is 10.0 Å². The zero-order chi connectivity index (χ0) is 15.4. The number of anilines is 2. The SMILES string of the molecule is Cc1c(NC(=S)Nc2ccc(Cl)cc2)cccc1[N+](=O)[O-]. The molecule has 0 saturated heterocycles. The molecule has 0 aliphatic rings. The average molecular weight is 322 g/mol. The third-order valence-electron chi connectivity index (χ3n) is 2.85. The number of hydrogen-bond acceptors (Lipinski definition) is 3. The van der Waals surface area contributed by atoms with Crippen molar-refractivity contribution in [2.24, 2.45) is 0 Å². The molecule has 0 bridgehead atoms. The van der Waals surface area contributed by atoms with Gasteiger partial charge in [-0.1, -0.05) is 17.7 Å². The summed E-state index contributed by atoms with van der Waals surface area (Å²) in [6, 6.07) is 11.9. The van der Waals surface area contributed by atoms with Crippen molar-refractivity contribution >= 4 is 46.0 Å². The molecule has 5 nitrogen and oxygen atoms in total. The van der Waals surface area contributed by atoms with Crippen LogP contribution in [0.5, 0.6) is 0 Å². The predicted octanol–water partition coefficient (Wildman–Crippen LogP) is 4.37. The second kappa shape index (κ2) is 6.51. The molecule has 2 N–H and O–H groups in total. The lowest BCUT2D eigenvalue weighted by atomic mass is 10.1. The summed E-state index contributed by atoms with van der Waals surface area (Å²) in [6.45, 7) is 1.67. The molecule has 0 fully saturated rings. The van der Waals surface area contributed by atoms with E-state index in [2.05, 4.69) is 10.6 Å². The summed E-state index contributed by atoms with van der Waals surface area (Å²) in [5.74, 6) is 0. The van der Waals surface area contributed by atoms with Crippen molar-refractivity contribution in [1.82, 2.24) is 0 Å². The number of halogens is 1. The molecule has 2 aromatic carbocycles. The van der Waals surface area contributed by atoms with Crippen molar-refractivity contribution in [3.8, 4) is 0 Å². The number of benzene rings is 2. The van der Waals surface area contributed by atoms with E-state index in [1.165, 1.54) is 6.07 Å². The number of rotatable bonds is 3. The standard InChI is InChI=1S/C14H12ClN3O2S/c1-9-12(3-2-4-13(9)18(19)20)17-14(21)16-11-7-5-10(15)6-8-11/h2-8H,1H3,(H2,16,17,21). The van der Waals surface area contributed by atoms with Gasteiger partial charge in [0.15, 0.2) is 5.11 Å². The van der Waals surface area contributed by atoms with Gasteiger partial charge in [-0.2, -0.15) is 0 Å². The fourth-order valence-corrected chi connectivity index (χ4v) is 2.13. The van der Waals surface area contributed by atoms with Gasteiger partial charge in [0.1, 0.15) is 0 Å². The third-order valence-corrected chi connectivity index (χ3v) is 3.31. The van der Waals surface area contributed by atoms with Crippen molar-refractivity contribution in [2.75, 3.05) is 10.6 Å². The molecule has 0 radical (unpaired) electrons. The van der Waals surface area contributed by atoms with Crippen LogP contribution in [-0.2, 0) is 0 Å². The summed E-state index contributed by atoms with van der Waals surface area (Å²) in [6.07, 6.45) is 0. The van der Waals surface area contributed by atoms with Gasteiger partial charge >= 0.3 is 0 Å². The van der Waals surface area contributed by atoms with Gasteiger partial charge in [-0.05, 0) is 49.5 Å². The van der Waals surface area contributed by atoms with Crippen molar-refractivity contribution < 1.29 is 4.92 Å². The topological polar surface area (TPSA) is 67.2 Å². The lowest BCUT2D eigenvalue weighted by molar-refractivity contribution is -0.385. The fraction of sp³-hybridized carbons (Fsp3) is 0.0714. The highest BCUT2D eigenvalue weighted by Gasteiger charge is 2.13. The highest BCUT2D eigenvalue weighted by atomic mass is 35.5. The Morgan fingerprint density at radius 3 is 2.48 bits per heavy atom. The van der Waals surface area contributed by atoms with Crippen LogP contribution in [0.2, 0.25) is 5.02 Å². The first-order valence-corrected chi connectivity index (χ1v) is 6.83. The second-order valence-corrected chi connectivity index (χ2v) is 5.14. The van der Waals surface area contributed by atoms with Crippen LogP contribution >= 0.6 is 23.8 Å². The molecule has 7 heteroatoms. The second-order valence-electron chi connectivity index (χ2n) is 4.29. The van der Waals surface area contributed by atoms with E-state index in [9.17, 15) is 10.1 Å². The molecule has 2 rings (SSSR count). The quantitative estimate of drug-likeness (QED) is 0.499. The van der Waals surface area contributed by atoms with Gasteiger partial charge in [-0.3, -0.25) is 10.1 Å². The van der Waals surface area contributed by atoms with Crippen LogP contribution in [0.4, 0.5) is 17.1 Å². The maximum Gasteiger partial charge on any atom is 0.274 e. The molecule has 0 atom stereocenters. The van der Waals surface area contributed by atoms with Crippen LogP contribution in [0.15, 0.2) is 42.5 Å². The minimum Gasteiger partial charge on any atom is -0.332 e. The molecule has 2 aromatic rings. The van der Waals surface area contributed by atoms with E-state index < -0.39 is 4.92 Å². The highest BCUT2D eigenvalue weighted by molar-refractivity contribution is 7.80. The number of nitrogens with one attached hydrogen (secondary N) is 2. The van der Waals surface area contributed by atoms with Crippen LogP contribution in [0.25, 0.3) is 0 Å². The Labute approximate surface area is 132 Å². The van der Waals surface area contributed by atoms with Gasteiger partial charge in [0.25, 0.3) is 5.69 Å². The summed E-state index contributed by atoms with van der Waals surface area (Å²) >= 11 is 11.0. The van der Waals surface area contributed by atoms with E-state index in [1.54, 1.807) is 43.3 Å². The lowest BCUT2D eigenvalue weighted by Gasteiger charge is -2.12. The Morgan fingerprint density at radius 2 is 1.86 bits per heavy atom. The first-order valence-electron chi connectivity index (χ1n) is 6.05. The summed E-state index contributed by atoms with van der Waals surface area (Å²) in [7, 11) is 0. The largest absolute Gasteiger partial charge is 0.332 e. The number of hydrogen-bond donors (Lipinski definition) is 2.